The molecule has 84 valence electrons. The van der Waals surface area contributed by atoms with E-state index in [9.17, 15) is 0 Å². The molecule has 0 aliphatic heterocycles. The number of nitrogens with zero attached hydrogens (tertiary/aromatic N) is 3. The molecule has 17 heavy (non-hydrogen) atoms. The van der Waals surface area contributed by atoms with Crippen molar-refractivity contribution in [2.75, 3.05) is 0 Å². The lowest BCUT2D eigenvalue weighted by molar-refractivity contribution is 0.426. The molecule has 0 bridgehead atoms. The largest absolute Gasteiger partial charge is 0.488 e. The molecule has 2 rings (SSSR count). The fourth-order valence-electron chi connectivity index (χ4n) is 0.983. The number of nitriles is 1. The van der Waals surface area contributed by atoms with Gasteiger partial charge in [-0.25, -0.2) is 9.97 Å². The summed E-state index contributed by atoms with van der Waals surface area (Å²) in [5, 5.41) is 25.7. The van der Waals surface area contributed by atoms with E-state index < -0.39 is 7.12 Å². The Labute approximate surface area is 99.2 Å². The third-order valence-corrected chi connectivity index (χ3v) is 1.82. The molecular weight excluding hydrogens is 217 g/mol. The van der Waals surface area contributed by atoms with E-state index in [4.69, 9.17) is 15.3 Å². The molecule has 1 aromatic carbocycles. The second-order valence-corrected chi connectivity index (χ2v) is 3.01. The Morgan fingerprint density at radius 2 is 1.65 bits per heavy atom. The highest BCUT2D eigenvalue weighted by Gasteiger charge is 2.08. The predicted octanol–water partition coefficient (Wildman–Crippen LogP) is -0.285. The minimum Gasteiger partial charge on any atom is -0.423 e. The van der Waals surface area contributed by atoms with E-state index in [1.807, 2.05) is 6.07 Å². The predicted molar refractivity (Wildman–Crippen MR) is 63.0 cm³/mol. The summed E-state index contributed by atoms with van der Waals surface area (Å²) in [6.45, 7) is 0. The quantitative estimate of drug-likeness (QED) is 0.653. The summed E-state index contributed by atoms with van der Waals surface area (Å²) in [7, 11) is -1.46. The number of benzene rings is 1. The summed E-state index contributed by atoms with van der Waals surface area (Å²) in [5.41, 5.74) is 0.901. The number of hydrogen-bond donors (Lipinski definition) is 2. The summed E-state index contributed by atoms with van der Waals surface area (Å²) in [6.07, 6.45) is 4.88. The zero-order valence-corrected chi connectivity index (χ0v) is 8.93. The number of aromatic nitrogens is 2. The molecule has 5 nitrogen and oxygen atoms in total. The second-order valence-electron chi connectivity index (χ2n) is 3.01. The van der Waals surface area contributed by atoms with Crippen molar-refractivity contribution in [1.29, 1.82) is 5.26 Å². The van der Waals surface area contributed by atoms with Gasteiger partial charge < -0.3 is 10.0 Å². The van der Waals surface area contributed by atoms with Crippen molar-refractivity contribution >= 4 is 12.6 Å². The van der Waals surface area contributed by atoms with Crippen LogP contribution in [0.2, 0.25) is 0 Å². The third-order valence-electron chi connectivity index (χ3n) is 1.82. The van der Waals surface area contributed by atoms with Crippen molar-refractivity contribution in [2.45, 2.75) is 0 Å². The van der Waals surface area contributed by atoms with Gasteiger partial charge >= 0.3 is 7.12 Å². The van der Waals surface area contributed by atoms with Gasteiger partial charge in [0.2, 0.25) is 0 Å². The van der Waals surface area contributed by atoms with Crippen LogP contribution in [0.5, 0.6) is 0 Å². The SMILES string of the molecule is N#Cc1ccc(B(O)O)cc1.c1cncnc1. The van der Waals surface area contributed by atoms with Crippen LogP contribution in [-0.4, -0.2) is 27.1 Å². The molecule has 1 heterocycles. The van der Waals surface area contributed by atoms with Crippen LogP contribution >= 0.6 is 0 Å². The van der Waals surface area contributed by atoms with Crippen LogP contribution in [0.1, 0.15) is 5.56 Å². The van der Waals surface area contributed by atoms with Crippen LogP contribution in [0, 0.1) is 11.3 Å². The maximum Gasteiger partial charge on any atom is 0.488 e. The highest BCUT2D eigenvalue weighted by molar-refractivity contribution is 6.58. The monoisotopic (exact) mass is 227 g/mol. The fraction of sp³-hybridized carbons (Fsp3) is 0. The average molecular weight is 227 g/mol. The van der Waals surface area contributed by atoms with Crippen LogP contribution in [0.15, 0.2) is 49.1 Å². The lowest BCUT2D eigenvalue weighted by Crippen LogP contribution is -2.29. The van der Waals surface area contributed by atoms with Gasteiger partial charge in [0.05, 0.1) is 11.6 Å². The lowest BCUT2D eigenvalue weighted by atomic mass is 9.80. The van der Waals surface area contributed by atoms with E-state index in [-0.39, 0.29) is 0 Å². The number of rotatable bonds is 1. The fourth-order valence-corrected chi connectivity index (χ4v) is 0.983. The van der Waals surface area contributed by atoms with Gasteiger partial charge in [-0.1, -0.05) is 12.1 Å². The topological polar surface area (TPSA) is 90.0 Å². The molecule has 6 heteroatoms. The van der Waals surface area contributed by atoms with E-state index in [1.165, 1.54) is 30.6 Å². The molecule has 0 aliphatic rings. The normalized spacial score (nSPS) is 8.53. The minimum absolute atomic E-state index is 0.393. The molecule has 0 radical (unpaired) electrons. The van der Waals surface area contributed by atoms with Crippen molar-refractivity contribution in [3.63, 3.8) is 0 Å². The van der Waals surface area contributed by atoms with Crippen molar-refractivity contribution in [1.82, 2.24) is 9.97 Å². The highest BCUT2D eigenvalue weighted by Crippen LogP contribution is 1.93. The Balaban J connectivity index is 0.000000202. The minimum atomic E-state index is -1.46. The molecule has 0 spiro atoms. The highest BCUT2D eigenvalue weighted by atomic mass is 16.4. The molecule has 2 aromatic rings. The smallest absolute Gasteiger partial charge is 0.423 e. The van der Waals surface area contributed by atoms with E-state index >= 15 is 0 Å². The number of hydrogen-bond acceptors (Lipinski definition) is 5. The van der Waals surface area contributed by atoms with Crippen LogP contribution in [-0.2, 0) is 0 Å². The summed E-state index contributed by atoms with van der Waals surface area (Å²) in [6, 6.07) is 9.79. The Morgan fingerprint density at radius 3 is 1.94 bits per heavy atom. The summed E-state index contributed by atoms with van der Waals surface area (Å²) in [4.78, 5) is 7.35. The van der Waals surface area contributed by atoms with Crippen molar-refractivity contribution in [3.05, 3.63) is 54.6 Å². The molecule has 0 amide bonds. The maximum absolute atomic E-state index is 8.66. The van der Waals surface area contributed by atoms with Gasteiger partial charge in [-0.15, -0.1) is 0 Å². The molecule has 1 aromatic heterocycles. The molecule has 2 N–H and O–H groups in total. The Hall–Kier alpha value is -2.23. The first-order valence-corrected chi connectivity index (χ1v) is 4.80. The molecule has 0 saturated heterocycles. The molecule has 0 atom stereocenters. The van der Waals surface area contributed by atoms with Crippen molar-refractivity contribution < 1.29 is 10.0 Å². The van der Waals surface area contributed by atoms with Crippen LogP contribution < -0.4 is 5.46 Å². The van der Waals surface area contributed by atoms with E-state index in [0.717, 1.165) is 0 Å². The van der Waals surface area contributed by atoms with Crippen molar-refractivity contribution in [2.24, 2.45) is 0 Å². The van der Waals surface area contributed by atoms with Crippen LogP contribution in [0.25, 0.3) is 0 Å². The summed E-state index contributed by atoms with van der Waals surface area (Å²) < 4.78 is 0. The Kier molecular flexibility index (Phi) is 5.38. The van der Waals surface area contributed by atoms with Gasteiger partial charge in [0.1, 0.15) is 6.33 Å². The first kappa shape index (κ1) is 12.8. The van der Waals surface area contributed by atoms with Gasteiger partial charge in [-0.3, -0.25) is 0 Å². The van der Waals surface area contributed by atoms with Crippen LogP contribution in [0.3, 0.4) is 0 Å². The van der Waals surface area contributed by atoms with E-state index in [2.05, 4.69) is 9.97 Å². The van der Waals surface area contributed by atoms with Crippen molar-refractivity contribution in [3.8, 4) is 6.07 Å². The summed E-state index contributed by atoms with van der Waals surface area (Å²) >= 11 is 0. The maximum atomic E-state index is 8.66. The molecule has 0 fully saturated rings. The van der Waals surface area contributed by atoms with E-state index in [1.54, 1.807) is 18.5 Å². The van der Waals surface area contributed by atoms with Crippen LogP contribution in [0.4, 0.5) is 0 Å². The standard InChI is InChI=1S/C7H6BNO2.C4H4N2/c9-5-6-1-3-7(4-2-6)8(10)11;1-2-5-4-6-3-1/h1-4,10-11H;1-4H. The molecule has 0 aliphatic carbocycles. The zero-order valence-electron chi connectivity index (χ0n) is 8.93. The average Bonchev–Trinajstić information content (AvgIpc) is 2.41. The van der Waals surface area contributed by atoms with Gasteiger partial charge in [0, 0.05) is 12.4 Å². The molecule has 0 unspecified atom stereocenters. The zero-order chi connectivity index (χ0) is 12.5. The molecule has 0 saturated carbocycles. The first-order chi connectivity index (χ1) is 8.24. The Morgan fingerprint density at radius 1 is 1.06 bits per heavy atom. The van der Waals surface area contributed by atoms with Gasteiger partial charge in [-0.2, -0.15) is 5.26 Å². The lowest BCUT2D eigenvalue weighted by Gasteiger charge is -1.96. The Bertz CT molecular complexity index is 442. The third kappa shape index (κ3) is 4.88. The van der Waals surface area contributed by atoms with Gasteiger partial charge in [0.15, 0.2) is 0 Å². The first-order valence-electron chi connectivity index (χ1n) is 4.80. The van der Waals surface area contributed by atoms with Gasteiger partial charge in [0.25, 0.3) is 0 Å². The van der Waals surface area contributed by atoms with Gasteiger partial charge in [-0.05, 0) is 23.7 Å². The summed E-state index contributed by atoms with van der Waals surface area (Å²) in [5.74, 6) is 0. The molecular formula is C11H10BN3O2. The second kappa shape index (κ2) is 7.12. The van der Waals surface area contributed by atoms with E-state index in [0.29, 0.717) is 11.0 Å².